The Bertz CT molecular complexity index is 796. The van der Waals surface area contributed by atoms with Crippen LogP contribution in [-0.4, -0.2) is 0 Å². The Morgan fingerprint density at radius 2 is 1.43 bits per heavy atom. The molecule has 0 aromatic heterocycles. The molecule has 1 unspecified atom stereocenters. The molecule has 1 aliphatic heterocycles. The summed E-state index contributed by atoms with van der Waals surface area (Å²) >= 11 is 6.34. The highest BCUT2D eigenvalue weighted by molar-refractivity contribution is 6.32. The number of rotatable bonds is 1. The molecule has 1 atom stereocenters. The summed E-state index contributed by atoms with van der Waals surface area (Å²) in [5, 5.41) is 0.655. The minimum Gasteiger partial charge on any atom is -0.455 e. The third-order valence-corrected chi connectivity index (χ3v) is 4.18. The smallest absolute Gasteiger partial charge is 0.150 e. The van der Waals surface area contributed by atoms with E-state index in [0.29, 0.717) is 5.02 Å². The van der Waals surface area contributed by atoms with Crippen molar-refractivity contribution in [3.8, 4) is 11.5 Å². The van der Waals surface area contributed by atoms with Gasteiger partial charge in [0.2, 0.25) is 0 Å². The van der Waals surface area contributed by atoms with Crippen LogP contribution in [0.4, 0.5) is 0 Å². The molecule has 0 fully saturated rings. The SMILES string of the molecule is Clc1cccc2c1Oc1ccccc1C2c1ccccc1. The fourth-order valence-corrected chi connectivity index (χ4v) is 3.18. The first-order valence-electron chi connectivity index (χ1n) is 6.95. The highest BCUT2D eigenvalue weighted by Crippen LogP contribution is 2.49. The number of para-hydroxylation sites is 2. The summed E-state index contributed by atoms with van der Waals surface area (Å²) in [5.74, 6) is 1.81. The molecule has 1 aliphatic rings. The molecule has 0 radical (unpaired) electrons. The predicted molar refractivity (Wildman–Crippen MR) is 85.4 cm³/mol. The Morgan fingerprint density at radius 1 is 0.714 bits per heavy atom. The van der Waals surface area contributed by atoms with E-state index in [9.17, 15) is 0 Å². The fraction of sp³-hybridized carbons (Fsp3) is 0.0526. The van der Waals surface area contributed by atoms with Crippen molar-refractivity contribution < 1.29 is 4.74 Å². The number of halogens is 1. The van der Waals surface area contributed by atoms with Gasteiger partial charge in [-0.1, -0.05) is 72.3 Å². The summed E-state index contributed by atoms with van der Waals surface area (Å²) in [7, 11) is 0. The molecular weight excluding hydrogens is 280 g/mol. The van der Waals surface area contributed by atoms with Crippen LogP contribution in [0.5, 0.6) is 11.5 Å². The van der Waals surface area contributed by atoms with Gasteiger partial charge in [0.25, 0.3) is 0 Å². The van der Waals surface area contributed by atoms with E-state index in [4.69, 9.17) is 16.3 Å². The standard InChI is InChI=1S/C19H13ClO/c20-16-11-6-10-15-18(13-7-2-1-3-8-13)14-9-4-5-12-17(14)21-19(15)16/h1-12,18H. The largest absolute Gasteiger partial charge is 0.455 e. The lowest BCUT2D eigenvalue weighted by Crippen LogP contribution is -2.11. The van der Waals surface area contributed by atoms with Gasteiger partial charge in [-0.15, -0.1) is 0 Å². The number of hydrogen-bond acceptors (Lipinski definition) is 1. The van der Waals surface area contributed by atoms with Crippen molar-refractivity contribution in [3.63, 3.8) is 0 Å². The zero-order valence-electron chi connectivity index (χ0n) is 11.3. The van der Waals surface area contributed by atoms with Gasteiger partial charge in [0.05, 0.1) is 5.02 Å². The van der Waals surface area contributed by atoms with E-state index < -0.39 is 0 Å². The second kappa shape index (κ2) is 4.94. The molecule has 0 aliphatic carbocycles. The predicted octanol–water partition coefficient (Wildman–Crippen LogP) is 5.63. The molecule has 0 N–H and O–H groups in total. The maximum absolute atomic E-state index is 6.34. The zero-order chi connectivity index (χ0) is 14.2. The van der Waals surface area contributed by atoms with Crippen molar-refractivity contribution >= 4 is 11.6 Å². The molecule has 2 heteroatoms. The van der Waals surface area contributed by atoms with E-state index in [1.165, 1.54) is 11.1 Å². The van der Waals surface area contributed by atoms with Crippen LogP contribution in [-0.2, 0) is 0 Å². The molecule has 3 aromatic rings. The summed E-state index contributed by atoms with van der Waals surface area (Å²) in [5.41, 5.74) is 3.54. The van der Waals surface area contributed by atoms with Crippen LogP contribution < -0.4 is 4.74 Å². The first-order chi connectivity index (χ1) is 10.3. The molecule has 0 spiro atoms. The summed E-state index contributed by atoms with van der Waals surface area (Å²) < 4.78 is 6.03. The number of hydrogen-bond donors (Lipinski definition) is 0. The number of fused-ring (bicyclic) bond motifs is 2. The number of ether oxygens (including phenoxy) is 1. The summed E-state index contributed by atoms with van der Waals surface area (Å²) in [6.07, 6.45) is 0. The van der Waals surface area contributed by atoms with Gasteiger partial charge < -0.3 is 4.74 Å². The summed E-state index contributed by atoms with van der Waals surface area (Å²) in [6, 6.07) is 24.6. The van der Waals surface area contributed by atoms with Crippen LogP contribution in [0.3, 0.4) is 0 Å². The summed E-state index contributed by atoms with van der Waals surface area (Å²) in [6.45, 7) is 0. The Hall–Kier alpha value is -2.25. The van der Waals surface area contributed by atoms with Gasteiger partial charge in [-0.25, -0.2) is 0 Å². The van der Waals surface area contributed by atoms with E-state index >= 15 is 0 Å². The van der Waals surface area contributed by atoms with Crippen molar-refractivity contribution in [3.05, 3.63) is 94.5 Å². The maximum atomic E-state index is 6.34. The molecule has 21 heavy (non-hydrogen) atoms. The Labute approximate surface area is 128 Å². The molecule has 0 saturated carbocycles. The van der Waals surface area contributed by atoms with Crippen molar-refractivity contribution in [1.82, 2.24) is 0 Å². The lowest BCUT2D eigenvalue weighted by Gasteiger charge is -2.29. The molecule has 1 heterocycles. The molecule has 102 valence electrons. The van der Waals surface area contributed by atoms with E-state index in [-0.39, 0.29) is 5.92 Å². The first-order valence-corrected chi connectivity index (χ1v) is 7.32. The van der Waals surface area contributed by atoms with Crippen molar-refractivity contribution in [1.29, 1.82) is 0 Å². The van der Waals surface area contributed by atoms with Crippen LogP contribution >= 0.6 is 11.6 Å². The van der Waals surface area contributed by atoms with E-state index in [0.717, 1.165) is 17.1 Å². The van der Waals surface area contributed by atoms with Crippen LogP contribution in [0, 0.1) is 0 Å². The molecular formula is C19H13ClO. The molecule has 4 rings (SSSR count). The normalized spacial score (nSPS) is 15.8. The monoisotopic (exact) mass is 292 g/mol. The third kappa shape index (κ3) is 2.01. The maximum Gasteiger partial charge on any atom is 0.150 e. The van der Waals surface area contributed by atoms with Crippen molar-refractivity contribution in [2.75, 3.05) is 0 Å². The van der Waals surface area contributed by atoms with Crippen LogP contribution in [0.1, 0.15) is 22.6 Å². The Morgan fingerprint density at radius 3 is 2.29 bits per heavy atom. The molecule has 3 aromatic carbocycles. The van der Waals surface area contributed by atoms with E-state index in [1.807, 2.05) is 36.4 Å². The lowest BCUT2D eigenvalue weighted by atomic mass is 9.83. The van der Waals surface area contributed by atoms with Gasteiger partial charge in [-0.3, -0.25) is 0 Å². The molecule has 0 amide bonds. The Balaban J connectivity index is 2.00. The molecule has 0 bridgehead atoms. The lowest BCUT2D eigenvalue weighted by molar-refractivity contribution is 0.453. The van der Waals surface area contributed by atoms with Gasteiger partial charge in [-0.2, -0.15) is 0 Å². The van der Waals surface area contributed by atoms with Gasteiger partial charge >= 0.3 is 0 Å². The number of benzene rings is 3. The molecule has 0 saturated heterocycles. The average Bonchev–Trinajstić information content (AvgIpc) is 2.54. The van der Waals surface area contributed by atoms with Crippen LogP contribution in [0.15, 0.2) is 72.8 Å². The zero-order valence-corrected chi connectivity index (χ0v) is 12.0. The first kappa shape index (κ1) is 12.5. The highest BCUT2D eigenvalue weighted by atomic mass is 35.5. The van der Waals surface area contributed by atoms with Crippen LogP contribution in [0.2, 0.25) is 5.02 Å². The van der Waals surface area contributed by atoms with Crippen molar-refractivity contribution in [2.45, 2.75) is 5.92 Å². The fourth-order valence-electron chi connectivity index (χ4n) is 2.95. The van der Waals surface area contributed by atoms with Gasteiger partial charge in [0.15, 0.2) is 0 Å². The van der Waals surface area contributed by atoms with Gasteiger partial charge in [0.1, 0.15) is 11.5 Å². The van der Waals surface area contributed by atoms with Crippen LogP contribution in [0.25, 0.3) is 0 Å². The van der Waals surface area contributed by atoms with E-state index in [1.54, 1.807) is 0 Å². The van der Waals surface area contributed by atoms with E-state index in [2.05, 4.69) is 36.4 Å². The Kier molecular flexibility index (Phi) is 2.94. The molecule has 1 nitrogen and oxygen atoms in total. The minimum atomic E-state index is 0.157. The highest BCUT2D eigenvalue weighted by Gasteiger charge is 2.29. The van der Waals surface area contributed by atoms with Gasteiger partial charge in [0, 0.05) is 17.0 Å². The minimum absolute atomic E-state index is 0.157. The third-order valence-electron chi connectivity index (χ3n) is 3.88. The van der Waals surface area contributed by atoms with Crippen molar-refractivity contribution in [2.24, 2.45) is 0 Å². The topological polar surface area (TPSA) is 9.23 Å². The van der Waals surface area contributed by atoms with Gasteiger partial charge in [-0.05, 0) is 17.7 Å². The second-order valence-electron chi connectivity index (χ2n) is 5.14. The average molecular weight is 293 g/mol. The second-order valence-corrected chi connectivity index (χ2v) is 5.55. The summed E-state index contributed by atoms with van der Waals surface area (Å²) in [4.78, 5) is 0. The quantitative estimate of drug-likeness (QED) is 0.442.